The van der Waals surface area contributed by atoms with E-state index in [1.807, 2.05) is 20.8 Å². The number of amides is 2. The molecule has 0 aliphatic rings. The summed E-state index contributed by atoms with van der Waals surface area (Å²) < 4.78 is 5.64. The maximum atomic E-state index is 12.0. The van der Waals surface area contributed by atoms with Gasteiger partial charge in [-0.3, -0.25) is 20.4 Å². The fourth-order valence-electron chi connectivity index (χ4n) is 1.94. The van der Waals surface area contributed by atoms with E-state index in [4.69, 9.17) is 4.74 Å². The van der Waals surface area contributed by atoms with Crippen LogP contribution < -0.4 is 15.6 Å². The lowest BCUT2D eigenvalue weighted by Gasteiger charge is -2.21. The molecule has 134 valence electrons. The molecule has 0 saturated heterocycles. The summed E-state index contributed by atoms with van der Waals surface area (Å²) in [6.07, 6.45) is 5.33. The maximum absolute atomic E-state index is 12.0. The van der Waals surface area contributed by atoms with Gasteiger partial charge in [0.1, 0.15) is 5.75 Å². The number of nitrogens with one attached hydrogen (secondary N) is 2. The summed E-state index contributed by atoms with van der Waals surface area (Å²) in [7, 11) is 0. The summed E-state index contributed by atoms with van der Waals surface area (Å²) in [6.45, 7) is 8.47. The molecule has 1 aromatic carbocycles. The van der Waals surface area contributed by atoms with Gasteiger partial charge in [-0.05, 0) is 37.1 Å². The Balaban J connectivity index is 2.42. The molecule has 0 aliphatic heterocycles. The first-order valence-corrected chi connectivity index (χ1v) is 8.74. The van der Waals surface area contributed by atoms with Gasteiger partial charge in [-0.1, -0.05) is 47.0 Å². The van der Waals surface area contributed by atoms with Gasteiger partial charge >= 0.3 is 0 Å². The molecule has 0 bridgehead atoms. The molecule has 2 amide bonds. The molecule has 1 rings (SSSR count). The first-order valence-electron chi connectivity index (χ1n) is 8.74. The van der Waals surface area contributed by atoms with Gasteiger partial charge in [0.05, 0.1) is 6.61 Å². The molecule has 0 radical (unpaired) electrons. The summed E-state index contributed by atoms with van der Waals surface area (Å²) in [6, 6.07) is 6.92. The first kappa shape index (κ1) is 20.0. The second kappa shape index (κ2) is 9.96. The number of hydrogen-bond acceptors (Lipinski definition) is 3. The SMILES string of the molecule is CCCCCCOc1ccc(C(=O)NNC(=O)C(C)(C)CC)cc1. The van der Waals surface area contributed by atoms with Crippen molar-refractivity contribution in [2.45, 2.75) is 59.8 Å². The van der Waals surface area contributed by atoms with Crippen molar-refractivity contribution in [1.82, 2.24) is 10.9 Å². The molecule has 0 aromatic heterocycles. The maximum Gasteiger partial charge on any atom is 0.269 e. The van der Waals surface area contributed by atoms with Crippen LogP contribution in [0.4, 0.5) is 0 Å². The molecule has 0 fully saturated rings. The highest BCUT2D eigenvalue weighted by Crippen LogP contribution is 2.19. The average molecular weight is 334 g/mol. The van der Waals surface area contributed by atoms with Gasteiger partial charge in [-0.25, -0.2) is 0 Å². The lowest BCUT2D eigenvalue weighted by atomic mass is 9.90. The van der Waals surface area contributed by atoms with Gasteiger partial charge in [0.2, 0.25) is 5.91 Å². The third kappa shape index (κ3) is 6.60. The Morgan fingerprint density at radius 3 is 2.25 bits per heavy atom. The number of hydrogen-bond donors (Lipinski definition) is 2. The van der Waals surface area contributed by atoms with Crippen LogP contribution in [0.5, 0.6) is 5.75 Å². The van der Waals surface area contributed by atoms with Crippen molar-refractivity contribution < 1.29 is 14.3 Å². The van der Waals surface area contributed by atoms with Gasteiger partial charge in [0.25, 0.3) is 5.91 Å². The smallest absolute Gasteiger partial charge is 0.269 e. The number of unbranched alkanes of at least 4 members (excludes halogenated alkanes) is 3. The third-order valence-corrected chi connectivity index (χ3v) is 4.17. The molecule has 0 atom stereocenters. The van der Waals surface area contributed by atoms with Gasteiger partial charge in [-0.15, -0.1) is 0 Å². The minimum atomic E-state index is -0.511. The zero-order valence-electron chi connectivity index (χ0n) is 15.3. The molecule has 0 heterocycles. The highest BCUT2D eigenvalue weighted by atomic mass is 16.5. The number of carbonyl (C=O) groups excluding carboxylic acids is 2. The van der Waals surface area contributed by atoms with Crippen molar-refractivity contribution >= 4 is 11.8 Å². The minimum Gasteiger partial charge on any atom is -0.494 e. The summed E-state index contributed by atoms with van der Waals surface area (Å²) in [5.74, 6) is 0.203. The molecule has 0 spiro atoms. The van der Waals surface area contributed by atoms with Crippen LogP contribution in [0.25, 0.3) is 0 Å². The van der Waals surface area contributed by atoms with Crippen molar-refractivity contribution in [3.63, 3.8) is 0 Å². The third-order valence-electron chi connectivity index (χ3n) is 4.17. The normalized spacial score (nSPS) is 11.0. The molecule has 1 aromatic rings. The highest BCUT2D eigenvalue weighted by Gasteiger charge is 2.25. The zero-order chi connectivity index (χ0) is 18.0. The van der Waals surface area contributed by atoms with Gasteiger partial charge in [0.15, 0.2) is 0 Å². The number of ether oxygens (including phenoxy) is 1. The van der Waals surface area contributed by atoms with E-state index in [0.29, 0.717) is 18.6 Å². The van der Waals surface area contributed by atoms with Crippen LogP contribution in [0.1, 0.15) is 70.2 Å². The first-order chi connectivity index (χ1) is 11.4. The van der Waals surface area contributed by atoms with E-state index in [0.717, 1.165) is 12.2 Å². The predicted octanol–water partition coefficient (Wildman–Crippen LogP) is 3.84. The second-order valence-corrected chi connectivity index (χ2v) is 6.58. The molecule has 24 heavy (non-hydrogen) atoms. The van der Waals surface area contributed by atoms with Gasteiger partial charge < -0.3 is 4.74 Å². The summed E-state index contributed by atoms with van der Waals surface area (Å²) in [5.41, 5.74) is 4.88. The molecule has 0 unspecified atom stereocenters. The van der Waals surface area contributed by atoms with E-state index in [1.54, 1.807) is 24.3 Å². The standard InChI is InChI=1S/C19H30N2O3/c1-5-7-8-9-14-24-16-12-10-15(11-13-16)17(22)20-21-18(23)19(3,4)6-2/h10-13H,5-9,14H2,1-4H3,(H,20,22)(H,21,23). The Kier molecular flexibility index (Phi) is 8.30. The Bertz CT molecular complexity index is 524. The average Bonchev–Trinajstić information content (AvgIpc) is 2.59. The Morgan fingerprint density at radius 2 is 1.67 bits per heavy atom. The second-order valence-electron chi connectivity index (χ2n) is 6.58. The monoisotopic (exact) mass is 334 g/mol. The Hall–Kier alpha value is -2.04. The molecule has 5 heteroatoms. The van der Waals surface area contributed by atoms with Gasteiger partial charge in [-0.2, -0.15) is 0 Å². The van der Waals surface area contributed by atoms with Crippen molar-refractivity contribution in [2.75, 3.05) is 6.61 Å². The Morgan fingerprint density at radius 1 is 1.00 bits per heavy atom. The number of benzene rings is 1. The molecular formula is C19H30N2O3. The summed E-state index contributed by atoms with van der Waals surface area (Å²) in [5, 5.41) is 0. The van der Waals surface area contributed by atoms with E-state index in [-0.39, 0.29) is 11.8 Å². The number of hydrazine groups is 1. The topological polar surface area (TPSA) is 67.4 Å². The van der Waals surface area contributed by atoms with Crippen LogP contribution in [0.2, 0.25) is 0 Å². The van der Waals surface area contributed by atoms with Crippen molar-refractivity contribution in [3.8, 4) is 5.75 Å². The molecule has 5 nitrogen and oxygen atoms in total. The summed E-state index contributed by atoms with van der Waals surface area (Å²) >= 11 is 0. The van der Waals surface area contributed by atoms with E-state index >= 15 is 0 Å². The van der Waals surface area contributed by atoms with Crippen LogP contribution in [0.3, 0.4) is 0 Å². The Labute approximate surface area is 145 Å². The lowest BCUT2D eigenvalue weighted by Crippen LogP contribution is -2.47. The predicted molar refractivity (Wildman–Crippen MR) is 95.8 cm³/mol. The largest absolute Gasteiger partial charge is 0.494 e. The molecule has 0 aliphatic carbocycles. The van der Waals surface area contributed by atoms with Crippen molar-refractivity contribution in [2.24, 2.45) is 5.41 Å². The van der Waals surface area contributed by atoms with Crippen LogP contribution in [-0.4, -0.2) is 18.4 Å². The molecule has 2 N–H and O–H groups in total. The van der Waals surface area contributed by atoms with Crippen LogP contribution in [0.15, 0.2) is 24.3 Å². The van der Waals surface area contributed by atoms with Crippen LogP contribution in [0, 0.1) is 5.41 Å². The van der Waals surface area contributed by atoms with E-state index < -0.39 is 5.41 Å². The van der Waals surface area contributed by atoms with E-state index in [1.165, 1.54) is 19.3 Å². The lowest BCUT2D eigenvalue weighted by molar-refractivity contribution is -0.130. The van der Waals surface area contributed by atoms with E-state index in [2.05, 4.69) is 17.8 Å². The van der Waals surface area contributed by atoms with Crippen molar-refractivity contribution in [1.29, 1.82) is 0 Å². The highest BCUT2D eigenvalue weighted by molar-refractivity contribution is 5.95. The quantitative estimate of drug-likeness (QED) is 0.532. The van der Waals surface area contributed by atoms with E-state index in [9.17, 15) is 9.59 Å². The minimum absolute atomic E-state index is 0.203. The molecular weight excluding hydrogens is 304 g/mol. The van der Waals surface area contributed by atoms with Gasteiger partial charge in [0, 0.05) is 11.0 Å². The molecule has 0 saturated carbocycles. The van der Waals surface area contributed by atoms with Crippen LogP contribution >= 0.6 is 0 Å². The fraction of sp³-hybridized carbons (Fsp3) is 0.579. The van der Waals surface area contributed by atoms with Crippen LogP contribution in [-0.2, 0) is 4.79 Å². The number of carbonyl (C=O) groups is 2. The summed E-state index contributed by atoms with van der Waals surface area (Å²) in [4.78, 5) is 24.0. The fourth-order valence-corrected chi connectivity index (χ4v) is 1.94. The number of rotatable bonds is 9. The van der Waals surface area contributed by atoms with Crippen molar-refractivity contribution in [3.05, 3.63) is 29.8 Å². The zero-order valence-corrected chi connectivity index (χ0v) is 15.3.